The Morgan fingerprint density at radius 3 is 2.50 bits per heavy atom. The average molecular weight is 313 g/mol. The van der Waals surface area contributed by atoms with Crippen LogP contribution in [0.3, 0.4) is 0 Å². The third-order valence-corrected chi connectivity index (χ3v) is 4.35. The number of rotatable bonds is 3. The standard InChI is InChI=1S/C16H11NO4S/c18-14(17-10-4-2-1-3-5-10)13-11-8-9(15(19)20)6-7-12(11)22-16(13)21/h1-8,13H,(H,17,18)(H,19,20). The van der Waals surface area contributed by atoms with Crippen molar-refractivity contribution in [1.82, 2.24) is 0 Å². The number of benzene rings is 2. The van der Waals surface area contributed by atoms with Gasteiger partial charge in [0.2, 0.25) is 11.0 Å². The first kappa shape index (κ1) is 14.3. The second-order valence-corrected chi connectivity index (χ2v) is 5.81. The van der Waals surface area contributed by atoms with Gasteiger partial charge >= 0.3 is 5.97 Å². The number of nitrogens with one attached hydrogen (secondary N) is 1. The summed E-state index contributed by atoms with van der Waals surface area (Å²) in [6, 6.07) is 13.2. The predicted octanol–water partition coefficient (Wildman–Crippen LogP) is 2.74. The number of thioether (sulfide) groups is 1. The van der Waals surface area contributed by atoms with E-state index in [1.807, 2.05) is 6.07 Å². The normalized spacial score (nSPS) is 16.2. The zero-order valence-corrected chi connectivity index (χ0v) is 12.1. The molecule has 0 bridgehead atoms. The Hall–Kier alpha value is -2.60. The van der Waals surface area contributed by atoms with E-state index in [1.165, 1.54) is 12.1 Å². The van der Waals surface area contributed by atoms with Crippen LogP contribution in [0, 0.1) is 0 Å². The molecule has 1 aliphatic rings. The number of carbonyl (C=O) groups excluding carboxylic acids is 2. The number of hydrogen-bond donors (Lipinski definition) is 2. The molecule has 0 spiro atoms. The summed E-state index contributed by atoms with van der Waals surface area (Å²) in [7, 11) is 0. The van der Waals surface area contributed by atoms with Gasteiger partial charge in [0.15, 0.2) is 0 Å². The highest BCUT2D eigenvalue weighted by molar-refractivity contribution is 8.14. The van der Waals surface area contributed by atoms with E-state index in [1.54, 1.807) is 30.3 Å². The molecule has 1 amide bonds. The van der Waals surface area contributed by atoms with E-state index in [4.69, 9.17) is 5.11 Å². The first-order valence-electron chi connectivity index (χ1n) is 6.51. The van der Waals surface area contributed by atoms with Gasteiger partial charge in [-0.1, -0.05) is 30.0 Å². The smallest absolute Gasteiger partial charge is 0.335 e. The fourth-order valence-corrected chi connectivity index (χ4v) is 3.28. The largest absolute Gasteiger partial charge is 0.478 e. The number of fused-ring (bicyclic) bond motifs is 1. The van der Waals surface area contributed by atoms with E-state index in [2.05, 4.69) is 5.32 Å². The van der Waals surface area contributed by atoms with Crippen molar-refractivity contribution in [2.75, 3.05) is 5.32 Å². The van der Waals surface area contributed by atoms with Gasteiger partial charge in [-0.3, -0.25) is 9.59 Å². The lowest BCUT2D eigenvalue weighted by atomic mass is 9.97. The lowest BCUT2D eigenvalue weighted by Crippen LogP contribution is -2.23. The fraction of sp³-hybridized carbons (Fsp3) is 0.0625. The molecule has 22 heavy (non-hydrogen) atoms. The molecule has 2 aromatic carbocycles. The summed E-state index contributed by atoms with van der Waals surface area (Å²) in [5, 5.41) is 11.4. The van der Waals surface area contributed by atoms with Crippen LogP contribution in [0.15, 0.2) is 53.4 Å². The molecule has 3 rings (SSSR count). The van der Waals surface area contributed by atoms with Gasteiger partial charge in [0.05, 0.1) is 5.56 Å². The second-order valence-electron chi connectivity index (χ2n) is 4.77. The highest BCUT2D eigenvalue weighted by Gasteiger charge is 2.37. The Balaban J connectivity index is 1.92. The van der Waals surface area contributed by atoms with Crippen molar-refractivity contribution in [3.8, 4) is 0 Å². The molecule has 0 aliphatic carbocycles. The maximum atomic E-state index is 12.4. The minimum absolute atomic E-state index is 0.0616. The molecule has 0 fully saturated rings. The molecule has 6 heteroatoms. The lowest BCUT2D eigenvalue weighted by molar-refractivity contribution is -0.123. The molecule has 0 saturated carbocycles. The number of para-hydroxylation sites is 1. The third kappa shape index (κ3) is 2.60. The van der Waals surface area contributed by atoms with Gasteiger partial charge in [0.1, 0.15) is 5.92 Å². The third-order valence-electron chi connectivity index (χ3n) is 3.32. The van der Waals surface area contributed by atoms with Crippen molar-refractivity contribution in [3.05, 3.63) is 59.7 Å². The molecule has 5 nitrogen and oxygen atoms in total. The number of hydrogen-bond acceptors (Lipinski definition) is 4. The van der Waals surface area contributed by atoms with E-state index in [-0.39, 0.29) is 10.7 Å². The van der Waals surface area contributed by atoms with Crippen molar-refractivity contribution in [2.24, 2.45) is 0 Å². The molecular weight excluding hydrogens is 302 g/mol. The van der Waals surface area contributed by atoms with E-state index >= 15 is 0 Å². The van der Waals surface area contributed by atoms with Gasteiger partial charge in [-0.2, -0.15) is 0 Å². The van der Waals surface area contributed by atoms with Gasteiger partial charge in [-0.25, -0.2) is 4.79 Å². The topological polar surface area (TPSA) is 83.5 Å². The molecule has 1 unspecified atom stereocenters. The van der Waals surface area contributed by atoms with Crippen LogP contribution in [0.4, 0.5) is 5.69 Å². The van der Waals surface area contributed by atoms with Gasteiger partial charge in [-0.15, -0.1) is 0 Å². The van der Waals surface area contributed by atoms with E-state index in [9.17, 15) is 14.4 Å². The van der Waals surface area contributed by atoms with Gasteiger partial charge in [-0.05, 0) is 35.9 Å². The summed E-state index contributed by atoms with van der Waals surface area (Å²) in [5.41, 5.74) is 1.10. The van der Waals surface area contributed by atoms with Crippen molar-refractivity contribution in [2.45, 2.75) is 10.8 Å². The summed E-state index contributed by atoms with van der Waals surface area (Å²) in [6.45, 7) is 0. The van der Waals surface area contributed by atoms with Crippen LogP contribution in [0.5, 0.6) is 0 Å². The maximum absolute atomic E-state index is 12.4. The monoisotopic (exact) mass is 313 g/mol. The van der Waals surface area contributed by atoms with Gasteiger partial charge in [0, 0.05) is 10.6 Å². The first-order valence-corrected chi connectivity index (χ1v) is 7.33. The number of anilines is 1. The summed E-state index contributed by atoms with van der Waals surface area (Å²) >= 11 is 0.966. The number of amides is 1. The first-order chi connectivity index (χ1) is 10.6. The summed E-state index contributed by atoms with van der Waals surface area (Å²) in [6.07, 6.45) is 0. The quantitative estimate of drug-likeness (QED) is 0.851. The van der Waals surface area contributed by atoms with Gasteiger partial charge < -0.3 is 10.4 Å². The van der Waals surface area contributed by atoms with Gasteiger partial charge in [0.25, 0.3) is 0 Å². The van der Waals surface area contributed by atoms with Crippen molar-refractivity contribution in [3.63, 3.8) is 0 Å². The van der Waals surface area contributed by atoms with Crippen LogP contribution in [-0.4, -0.2) is 22.1 Å². The minimum Gasteiger partial charge on any atom is -0.478 e. The predicted molar refractivity (Wildman–Crippen MR) is 82.1 cm³/mol. The lowest BCUT2D eigenvalue weighted by Gasteiger charge is -2.11. The van der Waals surface area contributed by atoms with Crippen LogP contribution in [0.25, 0.3) is 0 Å². The van der Waals surface area contributed by atoms with Crippen LogP contribution in [-0.2, 0) is 9.59 Å². The second kappa shape index (κ2) is 5.65. The molecule has 2 aromatic rings. The van der Waals surface area contributed by atoms with Crippen molar-refractivity contribution in [1.29, 1.82) is 0 Å². The Morgan fingerprint density at radius 2 is 1.82 bits per heavy atom. The van der Waals surface area contributed by atoms with Crippen LogP contribution >= 0.6 is 11.8 Å². The Morgan fingerprint density at radius 1 is 1.09 bits per heavy atom. The van der Waals surface area contributed by atoms with E-state index < -0.39 is 17.8 Å². The summed E-state index contributed by atoms with van der Waals surface area (Å²) in [4.78, 5) is 36.2. The Bertz CT molecular complexity index is 773. The highest BCUT2D eigenvalue weighted by Crippen LogP contribution is 2.41. The molecule has 2 N–H and O–H groups in total. The van der Waals surface area contributed by atoms with Crippen LogP contribution in [0.1, 0.15) is 21.8 Å². The van der Waals surface area contributed by atoms with Crippen molar-refractivity contribution < 1.29 is 19.5 Å². The Kier molecular flexibility index (Phi) is 3.68. The molecule has 1 heterocycles. The number of carboxylic acid groups (broad SMARTS) is 1. The molecule has 1 atom stereocenters. The van der Waals surface area contributed by atoms with E-state index in [0.717, 1.165) is 11.8 Å². The highest BCUT2D eigenvalue weighted by atomic mass is 32.2. The summed E-state index contributed by atoms with van der Waals surface area (Å²) < 4.78 is 0. The number of aromatic carboxylic acids is 1. The average Bonchev–Trinajstić information content (AvgIpc) is 2.83. The maximum Gasteiger partial charge on any atom is 0.335 e. The molecule has 0 saturated heterocycles. The minimum atomic E-state index is -1.09. The van der Waals surface area contributed by atoms with Crippen LogP contribution in [0.2, 0.25) is 0 Å². The fourth-order valence-electron chi connectivity index (χ4n) is 2.28. The zero-order chi connectivity index (χ0) is 15.7. The Labute approximate surface area is 130 Å². The SMILES string of the molecule is O=C(O)c1ccc2c(c1)C(C(=O)Nc1ccccc1)C(=O)S2. The zero-order valence-electron chi connectivity index (χ0n) is 11.3. The van der Waals surface area contributed by atoms with E-state index in [0.29, 0.717) is 16.1 Å². The number of carboxylic acids is 1. The number of carbonyl (C=O) groups is 3. The summed E-state index contributed by atoms with van der Waals surface area (Å²) in [5.74, 6) is -2.53. The van der Waals surface area contributed by atoms with Crippen LogP contribution < -0.4 is 5.32 Å². The molecule has 110 valence electrons. The molecule has 0 radical (unpaired) electrons. The molecular formula is C16H11NO4S. The van der Waals surface area contributed by atoms with Crippen molar-refractivity contribution >= 4 is 34.4 Å². The molecule has 0 aromatic heterocycles. The molecule has 1 aliphatic heterocycles.